The molecule has 3 aromatic rings. The smallest absolute Gasteiger partial charge is 0.169 e. The lowest BCUT2D eigenvalue weighted by atomic mass is 10.2. The molecule has 0 atom stereocenters. The summed E-state index contributed by atoms with van der Waals surface area (Å²) in [5.41, 5.74) is 14.6. The number of aromatic amines is 1. The van der Waals surface area contributed by atoms with Crippen LogP contribution < -0.4 is 16.8 Å². The Morgan fingerprint density at radius 1 is 1.38 bits per heavy atom. The van der Waals surface area contributed by atoms with Gasteiger partial charge < -0.3 is 26.9 Å². The minimum Gasteiger partial charge on any atom is -0.404 e. The molecule has 7 N–H and O–H groups in total. The number of H-pyrrole nitrogens is 1. The molecule has 134 valence electrons. The highest BCUT2D eigenvalue weighted by Crippen LogP contribution is 2.20. The second-order valence-corrected chi connectivity index (χ2v) is 5.44. The number of pyridine rings is 1. The number of allylic oxidation sites excluding steroid dienone is 1. The number of aromatic nitrogens is 4. The Morgan fingerprint density at radius 3 is 3.08 bits per heavy atom. The van der Waals surface area contributed by atoms with Gasteiger partial charge in [0.1, 0.15) is 5.65 Å². The third-order valence-corrected chi connectivity index (χ3v) is 3.72. The van der Waals surface area contributed by atoms with Crippen LogP contribution in [0.5, 0.6) is 0 Å². The van der Waals surface area contributed by atoms with Gasteiger partial charge in [-0.1, -0.05) is 0 Å². The van der Waals surface area contributed by atoms with E-state index in [1.807, 2.05) is 18.3 Å². The van der Waals surface area contributed by atoms with Gasteiger partial charge in [-0.15, -0.1) is 0 Å². The lowest BCUT2D eigenvalue weighted by Crippen LogP contribution is -2.08. The van der Waals surface area contributed by atoms with Gasteiger partial charge >= 0.3 is 0 Å². The summed E-state index contributed by atoms with van der Waals surface area (Å²) in [5, 5.41) is 13.0. The van der Waals surface area contributed by atoms with Crippen LogP contribution in [-0.4, -0.2) is 44.4 Å². The maximum Gasteiger partial charge on any atom is 0.169 e. The first kappa shape index (κ1) is 17.4. The molecule has 0 saturated carbocycles. The van der Waals surface area contributed by atoms with Gasteiger partial charge in [-0.05, 0) is 17.7 Å². The first-order valence-electron chi connectivity index (χ1n) is 8.03. The zero-order valence-corrected chi connectivity index (χ0v) is 14.1. The molecule has 0 spiro atoms. The number of nitrogens with two attached hydrogens (primary N) is 2. The predicted octanol–water partition coefficient (Wildman–Crippen LogP) is 0.910. The van der Waals surface area contributed by atoms with Crippen molar-refractivity contribution in [3.05, 3.63) is 48.2 Å². The Morgan fingerprint density at radius 2 is 2.27 bits per heavy atom. The van der Waals surface area contributed by atoms with E-state index in [-0.39, 0.29) is 12.4 Å². The quantitative estimate of drug-likeness (QED) is 0.396. The van der Waals surface area contributed by atoms with Gasteiger partial charge in [0.15, 0.2) is 11.6 Å². The summed E-state index contributed by atoms with van der Waals surface area (Å²) in [5.74, 6) is 0.742. The zero-order valence-electron chi connectivity index (χ0n) is 14.1. The van der Waals surface area contributed by atoms with Gasteiger partial charge in [0.25, 0.3) is 0 Å². The SMILES string of the molecule is NC=C(C=NCCO)c1cnc(N)c(NCc2c[nH]c3ncccc23)n1. The van der Waals surface area contributed by atoms with E-state index in [0.29, 0.717) is 30.2 Å². The number of nitrogens with zero attached hydrogens (tertiary/aromatic N) is 4. The maximum absolute atomic E-state index is 8.81. The minimum absolute atomic E-state index is 0.0337. The molecule has 0 fully saturated rings. The van der Waals surface area contributed by atoms with Gasteiger partial charge in [-0.3, -0.25) is 4.99 Å². The molecule has 3 aromatic heterocycles. The zero-order chi connectivity index (χ0) is 18.4. The Labute approximate surface area is 149 Å². The number of fused-ring (bicyclic) bond motifs is 1. The highest BCUT2D eigenvalue weighted by molar-refractivity contribution is 6.08. The molecule has 0 aliphatic heterocycles. The Bertz CT molecular complexity index is 947. The average Bonchev–Trinajstić information content (AvgIpc) is 3.08. The molecular weight excluding hydrogens is 332 g/mol. The molecule has 0 aliphatic rings. The van der Waals surface area contributed by atoms with Crippen molar-refractivity contribution in [3.8, 4) is 0 Å². The molecule has 0 aromatic carbocycles. The highest BCUT2D eigenvalue weighted by atomic mass is 16.3. The molecule has 0 aliphatic carbocycles. The van der Waals surface area contributed by atoms with Gasteiger partial charge in [0.2, 0.25) is 0 Å². The molecule has 0 unspecified atom stereocenters. The molecule has 3 heterocycles. The minimum atomic E-state index is -0.0337. The number of rotatable bonds is 7. The third kappa shape index (κ3) is 3.78. The fraction of sp³-hybridized carbons (Fsp3) is 0.176. The number of aliphatic hydroxyl groups excluding tert-OH is 1. The second-order valence-electron chi connectivity index (χ2n) is 5.44. The van der Waals surface area contributed by atoms with Crippen LogP contribution >= 0.6 is 0 Å². The molecule has 0 radical (unpaired) electrons. The van der Waals surface area contributed by atoms with Crippen molar-refractivity contribution < 1.29 is 5.11 Å². The van der Waals surface area contributed by atoms with Crippen molar-refractivity contribution in [2.24, 2.45) is 10.7 Å². The second kappa shape index (κ2) is 8.08. The van der Waals surface area contributed by atoms with Crippen LogP contribution in [0.25, 0.3) is 16.6 Å². The Balaban J connectivity index is 1.79. The largest absolute Gasteiger partial charge is 0.404 e. The number of anilines is 2. The normalized spacial score (nSPS) is 12.1. The fourth-order valence-corrected chi connectivity index (χ4v) is 2.42. The van der Waals surface area contributed by atoms with E-state index < -0.39 is 0 Å². The summed E-state index contributed by atoms with van der Waals surface area (Å²) in [6.07, 6.45) is 8.09. The number of aliphatic imine (C=N–C) groups is 1. The molecular formula is C17H20N8O. The van der Waals surface area contributed by atoms with Crippen LogP contribution in [0.2, 0.25) is 0 Å². The van der Waals surface area contributed by atoms with Crippen molar-refractivity contribution >= 4 is 34.5 Å². The van der Waals surface area contributed by atoms with Gasteiger partial charge in [-0.25, -0.2) is 15.0 Å². The average molecular weight is 352 g/mol. The maximum atomic E-state index is 8.81. The van der Waals surface area contributed by atoms with E-state index in [1.54, 1.807) is 12.4 Å². The summed E-state index contributed by atoms with van der Waals surface area (Å²) < 4.78 is 0. The molecule has 0 bridgehead atoms. The summed E-state index contributed by atoms with van der Waals surface area (Å²) in [6.45, 7) is 0.766. The van der Waals surface area contributed by atoms with Crippen LogP contribution in [0.4, 0.5) is 11.6 Å². The number of nitrogens with one attached hydrogen (secondary N) is 2. The molecule has 9 nitrogen and oxygen atoms in total. The van der Waals surface area contributed by atoms with Crippen LogP contribution in [0.3, 0.4) is 0 Å². The van der Waals surface area contributed by atoms with E-state index >= 15 is 0 Å². The van der Waals surface area contributed by atoms with E-state index in [1.165, 1.54) is 12.4 Å². The van der Waals surface area contributed by atoms with Crippen molar-refractivity contribution in [3.63, 3.8) is 0 Å². The summed E-state index contributed by atoms with van der Waals surface area (Å²) in [7, 11) is 0. The monoisotopic (exact) mass is 352 g/mol. The first-order valence-corrected chi connectivity index (χ1v) is 8.03. The van der Waals surface area contributed by atoms with Crippen molar-refractivity contribution in [2.75, 3.05) is 24.2 Å². The van der Waals surface area contributed by atoms with Crippen LogP contribution in [0.1, 0.15) is 11.3 Å². The van der Waals surface area contributed by atoms with Crippen molar-refractivity contribution in [1.82, 2.24) is 19.9 Å². The third-order valence-electron chi connectivity index (χ3n) is 3.72. The summed E-state index contributed by atoms with van der Waals surface area (Å²) in [4.78, 5) is 20.1. The van der Waals surface area contributed by atoms with E-state index in [4.69, 9.17) is 16.6 Å². The van der Waals surface area contributed by atoms with Crippen LogP contribution in [0, 0.1) is 0 Å². The first-order chi connectivity index (χ1) is 12.7. The molecule has 9 heteroatoms. The lowest BCUT2D eigenvalue weighted by Gasteiger charge is -2.09. The summed E-state index contributed by atoms with van der Waals surface area (Å²) in [6, 6.07) is 3.88. The van der Waals surface area contributed by atoms with E-state index in [0.717, 1.165) is 16.6 Å². The summed E-state index contributed by atoms with van der Waals surface area (Å²) >= 11 is 0. The van der Waals surface area contributed by atoms with Crippen LogP contribution in [-0.2, 0) is 6.54 Å². The Kier molecular flexibility index (Phi) is 5.40. The lowest BCUT2D eigenvalue weighted by molar-refractivity contribution is 0.307. The van der Waals surface area contributed by atoms with Crippen molar-refractivity contribution in [2.45, 2.75) is 6.54 Å². The fourth-order valence-electron chi connectivity index (χ4n) is 2.42. The van der Waals surface area contributed by atoms with E-state index in [2.05, 4.69) is 30.2 Å². The predicted molar refractivity (Wildman–Crippen MR) is 102 cm³/mol. The number of aliphatic hydroxyl groups is 1. The highest BCUT2D eigenvalue weighted by Gasteiger charge is 2.09. The van der Waals surface area contributed by atoms with Gasteiger partial charge in [0, 0.05) is 42.3 Å². The van der Waals surface area contributed by atoms with Gasteiger partial charge in [-0.2, -0.15) is 0 Å². The number of nitrogen functional groups attached to an aromatic ring is 1. The van der Waals surface area contributed by atoms with Crippen LogP contribution in [0.15, 0.2) is 41.9 Å². The molecule has 3 rings (SSSR count). The molecule has 26 heavy (non-hydrogen) atoms. The van der Waals surface area contributed by atoms with Gasteiger partial charge in [0.05, 0.1) is 25.0 Å². The van der Waals surface area contributed by atoms with Crippen molar-refractivity contribution in [1.29, 1.82) is 0 Å². The number of hydrogen-bond acceptors (Lipinski definition) is 8. The Hall–Kier alpha value is -3.46. The molecule has 0 amide bonds. The number of hydrogen-bond donors (Lipinski definition) is 5. The van der Waals surface area contributed by atoms with E-state index in [9.17, 15) is 0 Å². The standard InChI is InChI=1S/C17H20N8O/c18-6-11(7-20-4-5-26)14-10-22-15(19)17(25-14)24-9-12-8-23-16-13(12)2-1-3-21-16/h1-3,6-8,10,26H,4-5,9,18H2,(H2,19,22)(H,21,23)(H,24,25). The topological polar surface area (TPSA) is 151 Å². The molecule has 0 saturated heterocycles.